The van der Waals surface area contributed by atoms with Crippen LogP contribution in [-0.4, -0.2) is 26.3 Å². The molecule has 0 aliphatic rings. The van der Waals surface area contributed by atoms with Gasteiger partial charge in [-0.2, -0.15) is 5.26 Å². The fourth-order valence-electron chi connectivity index (χ4n) is 1.65. The Morgan fingerprint density at radius 1 is 1.35 bits per heavy atom. The van der Waals surface area contributed by atoms with Crippen LogP contribution >= 0.6 is 0 Å². The number of hydrogen-bond acceptors (Lipinski definition) is 5. The number of carbonyl (C=O) groups excluding carboxylic acids is 1. The first kappa shape index (κ1) is 15.8. The molecule has 20 heavy (non-hydrogen) atoms. The largest absolute Gasteiger partial charge is 0.495 e. The molecule has 5 heteroatoms. The van der Waals surface area contributed by atoms with E-state index in [4.69, 9.17) is 19.5 Å². The molecule has 0 bridgehead atoms. The van der Waals surface area contributed by atoms with Crippen molar-refractivity contribution in [3.63, 3.8) is 0 Å². The van der Waals surface area contributed by atoms with Crippen LogP contribution in [0.3, 0.4) is 0 Å². The zero-order valence-corrected chi connectivity index (χ0v) is 11.8. The molecule has 0 unspecified atom stereocenters. The fourth-order valence-corrected chi connectivity index (χ4v) is 1.65. The molecule has 0 spiro atoms. The Balaban J connectivity index is 2.32. The number of benzene rings is 1. The first-order chi connectivity index (χ1) is 9.71. The number of nitriles is 1. The van der Waals surface area contributed by atoms with Gasteiger partial charge in [0.15, 0.2) is 0 Å². The summed E-state index contributed by atoms with van der Waals surface area (Å²) in [5.41, 5.74) is 0.474. The predicted molar refractivity (Wildman–Crippen MR) is 73.7 cm³/mol. The molecule has 0 radical (unpaired) electrons. The SMILES string of the molecule is CCOC(=O)CCCCOc1ccc(C#N)c(OC)c1. The Kier molecular flexibility index (Phi) is 6.97. The van der Waals surface area contributed by atoms with Gasteiger partial charge in [0, 0.05) is 12.5 Å². The lowest BCUT2D eigenvalue weighted by atomic mass is 10.2. The topological polar surface area (TPSA) is 68.5 Å². The second-order valence-corrected chi connectivity index (χ2v) is 4.08. The van der Waals surface area contributed by atoms with Gasteiger partial charge in [0.25, 0.3) is 0 Å². The number of nitrogens with zero attached hydrogens (tertiary/aromatic N) is 1. The smallest absolute Gasteiger partial charge is 0.305 e. The zero-order valence-electron chi connectivity index (χ0n) is 11.8. The Hall–Kier alpha value is -2.22. The van der Waals surface area contributed by atoms with Crippen LogP contribution in [0.25, 0.3) is 0 Å². The lowest BCUT2D eigenvalue weighted by Gasteiger charge is -2.08. The van der Waals surface area contributed by atoms with Gasteiger partial charge in [-0.05, 0) is 31.9 Å². The van der Waals surface area contributed by atoms with Crippen molar-refractivity contribution < 1.29 is 19.0 Å². The van der Waals surface area contributed by atoms with E-state index in [0.29, 0.717) is 36.7 Å². The molecule has 108 valence electrons. The number of unbranched alkanes of at least 4 members (excludes halogenated alkanes) is 1. The minimum atomic E-state index is -0.174. The van der Waals surface area contributed by atoms with Gasteiger partial charge in [0.2, 0.25) is 0 Å². The second-order valence-electron chi connectivity index (χ2n) is 4.08. The maximum atomic E-state index is 11.1. The molecule has 0 aliphatic carbocycles. The van der Waals surface area contributed by atoms with Gasteiger partial charge in [-0.3, -0.25) is 4.79 Å². The van der Waals surface area contributed by atoms with Crippen molar-refractivity contribution in [2.75, 3.05) is 20.3 Å². The van der Waals surface area contributed by atoms with Crippen molar-refractivity contribution in [3.8, 4) is 17.6 Å². The molecule has 5 nitrogen and oxygen atoms in total. The van der Waals surface area contributed by atoms with Crippen LogP contribution < -0.4 is 9.47 Å². The Morgan fingerprint density at radius 2 is 2.15 bits per heavy atom. The van der Waals surface area contributed by atoms with Crippen LogP contribution in [0.4, 0.5) is 0 Å². The summed E-state index contributed by atoms with van der Waals surface area (Å²) in [6.07, 6.45) is 1.90. The molecule has 0 N–H and O–H groups in total. The van der Waals surface area contributed by atoms with Gasteiger partial charge < -0.3 is 14.2 Å². The number of carbonyl (C=O) groups is 1. The van der Waals surface area contributed by atoms with Crippen molar-refractivity contribution >= 4 is 5.97 Å². The average molecular weight is 277 g/mol. The summed E-state index contributed by atoms with van der Waals surface area (Å²) >= 11 is 0. The molecule has 0 heterocycles. The highest BCUT2D eigenvalue weighted by Crippen LogP contribution is 2.24. The van der Waals surface area contributed by atoms with E-state index in [-0.39, 0.29) is 5.97 Å². The Bertz CT molecular complexity index is 479. The molecule has 0 saturated heterocycles. The van der Waals surface area contributed by atoms with Crippen molar-refractivity contribution in [2.24, 2.45) is 0 Å². The van der Waals surface area contributed by atoms with E-state index in [0.717, 1.165) is 12.8 Å². The first-order valence-corrected chi connectivity index (χ1v) is 6.57. The maximum Gasteiger partial charge on any atom is 0.305 e. The van der Waals surface area contributed by atoms with E-state index >= 15 is 0 Å². The third-order valence-electron chi connectivity index (χ3n) is 2.64. The molecule has 1 aromatic carbocycles. The van der Waals surface area contributed by atoms with Gasteiger partial charge in [0.1, 0.15) is 17.6 Å². The molecular formula is C15H19NO4. The minimum Gasteiger partial charge on any atom is -0.495 e. The number of hydrogen-bond donors (Lipinski definition) is 0. The monoisotopic (exact) mass is 277 g/mol. The third-order valence-corrected chi connectivity index (χ3v) is 2.64. The average Bonchev–Trinajstić information content (AvgIpc) is 2.47. The molecule has 1 aromatic rings. The molecular weight excluding hydrogens is 258 g/mol. The second kappa shape index (κ2) is 8.81. The highest BCUT2D eigenvalue weighted by molar-refractivity contribution is 5.69. The van der Waals surface area contributed by atoms with Gasteiger partial charge in [-0.1, -0.05) is 0 Å². The lowest BCUT2D eigenvalue weighted by Crippen LogP contribution is -2.05. The summed E-state index contributed by atoms with van der Waals surface area (Å²) in [6, 6.07) is 7.12. The zero-order chi connectivity index (χ0) is 14.8. The number of rotatable bonds is 8. The van der Waals surface area contributed by atoms with Crippen molar-refractivity contribution in [1.29, 1.82) is 5.26 Å². The van der Waals surface area contributed by atoms with E-state index in [9.17, 15) is 4.79 Å². The van der Waals surface area contributed by atoms with E-state index in [1.165, 1.54) is 7.11 Å². The fraction of sp³-hybridized carbons (Fsp3) is 0.467. The number of esters is 1. The quantitative estimate of drug-likeness (QED) is 0.539. The van der Waals surface area contributed by atoms with Gasteiger partial charge in [-0.15, -0.1) is 0 Å². The van der Waals surface area contributed by atoms with E-state index in [1.54, 1.807) is 25.1 Å². The summed E-state index contributed by atoms with van der Waals surface area (Å²) in [6.45, 7) is 2.72. The molecule has 0 aliphatic heterocycles. The van der Waals surface area contributed by atoms with Crippen LogP contribution in [0.2, 0.25) is 0 Å². The third kappa shape index (κ3) is 5.19. The Labute approximate surface area is 119 Å². The first-order valence-electron chi connectivity index (χ1n) is 6.57. The number of methoxy groups -OCH3 is 1. The molecule has 0 atom stereocenters. The van der Waals surface area contributed by atoms with Crippen LogP contribution in [0.5, 0.6) is 11.5 Å². The molecule has 0 amide bonds. The predicted octanol–water partition coefficient (Wildman–Crippen LogP) is 2.68. The van der Waals surface area contributed by atoms with Crippen LogP contribution in [-0.2, 0) is 9.53 Å². The minimum absolute atomic E-state index is 0.174. The molecule has 0 aromatic heterocycles. The number of ether oxygens (including phenoxy) is 3. The van der Waals surface area contributed by atoms with E-state index < -0.39 is 0 Å². The van der Waals surface area contributed by atoms with Gasteiger partial charge in [-0.25, -0.2) is 0 Å². The summed E-state index contributed by atoms with van der Waals surface area (Å²) < 4.78 is 15.5. The summed E-state index contributed by atoms with van der Waals surface area (Å²) in [4.78, 5) is 11.1. The van der Waals surface area contributed by atoms with Crippen molar-refractivity contribution in [1.82, 2.24) is 0 Å². The van der Waals surface area contributed by atoms with Crippen LogP contribution in [0.1, 0.15) is 31.7 Å². The Morgan fingerprint density at radius 3 is 2.80 bits per heavy atom. The summed E-state index contributed by atoms with van der Waals surface area (Å²) in [5, 5.41) is 8.87. The molecule has 1 rings (SSSR count). The summed E-state index contributed by atoms with van der Waals surface area (Å²) in [7, 11) is 1.51. The van der Waals surface area contributed by atoms with Crippen molar-refractivity contribution in [3.05, 3.63) is 23.8 Å². The molecule has 0 fully saturated rings. The van der Waals surface area contributed by atoms with E-state index in [2.05, 4.69) is 0 Å². The highest BCUT2D eigenvalue weighted by atomic mass is 16.5. The standard InChI is InChI=1S/C15H19NO4/c1-3-19-15(17)6-4-5-9-20-13-8-7-12(11-16)14(10-13)18-2/h7-8,10H,3-6,9H2,1-2H3. The lowest BCUT2D eigenvalue weighted by molar-refractivity contribution is -0.143. The van der Waals surface area contributed by atoms with Crippen molar-refractivity contribution in [2.45, 2.75) is 26.2 Å². The normalized spacial score (nSPS) is 9.65. The maximum absolute atomic E-state index is 11.1. The van der Waals surface area contributed by atoms with Gasteiger partial charge >= 0.3 is 5.97 Å². The van der Waals surface area contributed by atoms with Gasteiger partial charge in [0.05, 0.1) is 25.9 Å². The van der Waals surface area contributed by atoms with Crippen LogP contribution in [0, 0.1) is 11.3 Å². The molecule has 0 saturated carbocycles. The summed E-state index contributed by atoms with van der Waals surface area (Å²) in [5.74, 6) is 0.973. The highest BCUT2D eigenvalue weighted by Gasteiger charge is 2.05. The van der Waals surface area contributed by atoms with E-state index in [1.807, 2.05) is 6.07 Å². The van der Waals surface area contributed by atoms with Crippen LogP contribution in [0.15, 0.2) is 18.2 Å².